The van der Waals surface area contributed by atoms with Crippen molar-refractivity contribution in [2.45, 2.75) is 39.7 Å². The minimum atomic E-state index is -1.12. The first-order chi connectivity index (χ1) is 7.88. The summed E-state index contributed by atoms with van der Waals surface area (Å²) in [5, 5.41) is 13.9. The molecular weight excluding hydrogens is 224 g/mol. The molecule has 0 radical (unpaired) electrons. The van der Waals surface area contributed by atoms with Crippen LogP contribution in [-0.4, -0.2) is 35.5 Å². The summed E-state index contributed by atoms with van der Waals surface area (Å²) in [6.07, 6.45) is 0.183. The molecule has 0 aliphatic rings. The van der Waals surface area contributed by atoms with Gasteiger partial charge >= 0.3 is 5.97 Å². The van der Waals surface area contributed by atoms with Gasteiger partial charge in [-0.3, -0.25) is 9.59 Å². The van der Waals surface area contributed by atoms with Gasteiger partial charge in [0.1, 0.15) is 6.04 Å². The molecule has 0 saturated heterocycles. The Labute approximate surface area is 101 Å². The summed E-state index contributed by atoms with van der Waals surface area (Å²) in [4.78, 5) is 33.4. The summed E-state index contributed by atoms with van der Waals surface area (Å²) in [6, 6.07) is -1.01. The quantitative estimate of drug-likeness (QED) is 0.593. The van der Waals surface area contributed by atoms with Crippen LogP contribution >= 0.6 is 0 Å². The standard InChI is InChI=1S/C11H20N2O4/c1-4-12-9(14)6-5-8(11(16)17)13-10(15)7(2)3/h7-8H,4-6H2,1-3H3,(H,12,14)(H,13,15)(H,16,17). The van der Waals surface area contributed by atoms with E-state index in [2.05, 4.69) is 10.6 Å². The lowest BCUT2D eigenvalue weighted by Gasteiger charge is -2.15. The normalized spacial score (nSPS) is 12.0. The molecule has 0 aliphatic carbocycles. The number of carboxylic acids is 1. The van der Waals surface area contributed by atoms with E-state index in [1.165, 1.54) is 0 Å². The van der Waals surface area contributed by atoms with Crippen LogP contribution < -0.4 is 10.6 Å². The first kappa shape index (κ1) is 15.4. The second-order valence-electron chi connectivity index (χ2n) is 4.05. The molecule has 0 bridgehead atoms. The fourth-order valence-corrected chi connectivity index (χ4v) is 1.16. The molecule has 0 aromatic carbocycles. The number of carbonyl (C=O) groups excluding carboxylic acids is 2. The predicted octanol–water partition coefficient (Wildman–Crippen LogP) is 0.128. The molecular formula is C11H20N2O4. The Morgan fingerprint density at radius 1 is 1.24 bits per heavy atom. The molecule has 6 heteroatoms. The minimum absolute atomic E-state index is 0.0865. The number of carbonyl (C=O) groups is 3. The zero-order valence-electron chi connectivity index (χ0n) is 10.4. The molecule has 0 spiro atoms. The van der Waals surface area contributed by atoms with Crippen LogP contribution in [0.3, 0.4) is 0 Å². The van der Waals surface area contributed by atoms with Crippen molar-refractivity contribution >= 4 is 17.8 Å². The number of nitrogens with one attached hydrogen (secondary N) is 2. The molecule has 98 valence electrons. The molecule has 2 amide bonds. The number of rotatable bonds is 7. The monoisotopic (exact) mass is 244 g/mol. The first-order valence-electron chi connectivity index (χ1n) is 5.68. The molecule has 0 aromatic heterocycles. The van der Waals surface area contributed by atoms with E-state index in [4.69, 9.17) is 5.11 Å². The van der Waals surface area contributed by atoms with Gasteiger partial charge in [0, 0.05) is 18.9 Å². The fraction of sp³-hybridized carbons (Fsp3) is 0.727. The largest absolute Gasteiger partial charge is 0.480 e. The highest BCUT2D eigenvalue weighted by atomic mass is 16.4. The van der Waals surface area contributed by atoms with E-state index in [9.17, 15) is 14.4 Å². The van der Waals surface area contributed by atoms with Crippen LogP contribution in [-0.2, 0) is 14.4 Å². The first-order valence-corrected chi connectivity index (χ1v) is 5.68. The van der Waals surface area contributed by atoms with Gasteiger partial charge in [-0.05, 0) is 13.3 Å². The number of hydrogen-bond acceptors (Lipinski definition) is 3. The Hall–Kier alpha value is -1.59. The lowest BCUT2D eigenvalue weighted by molar-refractivity contribution is -0.142. The van der Waals surface area contributed by atoms with Crippen LogP contribution in [0.4, 0.5) is 0 Å². The Morgan fingerprint density at radius 2 is 1.82 bits per heavy atom. The zero-order valence-corrected chi connectivity index (χ0v) is 10.4. The summed E-state index contributed by atoms with van der Waals surface area (Å²) in [5.74, 6) is -1.93. The number of amides is 2. The molecule has 0 rings (SSSR count). The minimum Gasteiger partial charge on any atom is -0.480 e. The maximum absolute atomic E-state index is 11.4. The summed E-state index contributed by atoms with van der Waals surface area (Å²) >= 11 is 0. The van der Waals surface area contributed by atoms with Crippen molar-refractivity contribution in [2.75, 3.05) is 6.54 Å². The molecule has 0 fully saturated rings. The molecule has 6 nitrogen and oxygen atoms in total. The van der Waals surface area contributed by atoms with Crippen molar-refractivity contribution < 1.29 is 19.5 Å². The average Bonchev–Trinajstić information content (AvgIpc) is 2.23. The van der Waals surface area contributed by atoms with Crippen molar-refractivity contribution in [1.82, 2.24) is 10.6 Å². The summed E-state index contributed by atoms with van der Waals surface area (Å²) < 4.78 is 0. The maximum Gasteiger partial charge on any atom is 0.326 e. The van der Waals surface area contributed by atoms with Gasteiger partial charge in [-0.1, -0.05) is 13.8 Å². The zero-order chi connectivity index (χ0) is 13.4. The molecule has 1 unspecified atom stereocenters. The molecule has 3 N–H and O–H groups in total. The smallest absolute Gasteiger partial charge is 0.326 e. The Bertz CT molecular complexity index is 289. The second-order valence-corrected chi connectivity index (χ2v) is 4.05. The van der Waals surface area contributed by atoms with Gasteiger partial charge < -0.3 is 15.7 Å². The van der Waals surface area contributed by atoms with Gasteiger partial charge in [0.25, 0.3) is 0 Å². The van der Waals surface area contributed by atoms with Crippen LogP contribution in [0.25, 0.3) is 0 Å². The van der Waals surface area contributed by atoms with E-state index >= 15 is 0 Å². The van der Waals surface area contributed by atoms with Crippen molar-refractivity contribution in [2.24, 2.45) is 5.92 Å². The van der Waals surface area contributed by atoms with Gasteiger partial charge in [0.05, 0.1) is 0 Å². The van der Waals surface area contributed by atoms with E-state index < -0.39 is 12.0 Å². The topological polar surface area (TPSA) is 95.5 Å². The Balaban J connectivity index is 4.21. The third kappa shape index (κ3) is 6.55. The molecule has 0 aliphatic heterocycles. The number of hydrogen-bond donors (Lipinski definition) is 3. The van der Waals surface area contributed by atoms with Gasteiger partial charge in [0.2, 0.25) is 11.8 Å². The van der Waals surface area contributed by atoms with Crippen molar-refractivity contribution in [3.8, 4) is 0 Å². The maximum atomic E-state index is 11.4. The van der Waals surface area contributed by atoms with Gasteiger partial charge in [-0.2, -0.15) is 0 Å². The SMILES string of the molecule is CCNC(=O)CCC(NC(=O)C(C)C)C(=O)O. The van der Waals surface area contributed by atoms with Crippen molar-refractivity contribution in [1.29, 1.82) is 0 Å². The van der Waals surface area contributed by atoms with Gasteiger partial charge in [-0.25, -0.2) is 4.79 Å². The highest BCUT2D eigenvalue weighted by molar-refractivity contribution is 5.85. The summed E-state index contributed by atoms with van der Waals surface area (Å²) in [5.41, 5.74) is 0. The Kier molecular flexibility index (Phi) is 6.93. The van der Waals surface area contributed by atoms with Crippen LogP contribution in [0.1, 0.15) is 33.6 Å². The van der Waals surface area contributed by atoms with Gasteiger partial charge in [-0.15, -0.1) is 0 Å². The van der Waals surface area contributed by atoms with E-state index in [-0.39, 0.29) is 30.6 Å². The van der Waals surface area contributed by atoms with Crippen molar-refractivity contribution in [3.63, 3.8) is 0 Å². The fourth-order valence-electron chi connectivity index (χ4n) is 1.16. The van der Waals surface area contributed by atoms with E-state index in [1.807, 2.05) is 0 Å². The summed E-state index contributed by atoms with van der Waals surface area (Å²) in [6.45, 7) is 5.65. The predicted molar refractivity (Wildman–Crippen MR) is 62.3 cm³/mol. The van der Waals surface area contributed by atoms with E-state index in [0.29, 0.717) is 6.54 Å². The van der Waals surface area contributed by atoms with Gasteiger partial charge in [0.15, 0.2) is 0 Å². The second kappa shape index (κ2) is 7.65. The summed E-state index contributed by atoms with van der Waals surface area (Å²) in [7, 11) is 0. The Morgan fingerprint density at radius 3 is 2.24 bits per heavy atom. The third-order valence-electron chi connectivity index (χ3n) is 2.17. The molecule has 0 aromatic rings. The van der Waals surface area contributed by atoms with Crippen LogP contribution in [0.2, 0.25) is 0 Å². The van der Waals surface area contributed by atoms with Crippen LogP contribution in [0, 0.1) is 5.92 Å². The van der Waals surface area contributed by atoms with E-state index in [1.54, 1.807) is 20.8 Å². The molecule has 1 atom stereocenters. The lowest BCUT2D eigenvalue weighted by atomic mass is 10.1. The molecule has 0 saturated carbocycles. The molecule has 17 heavy (non-hydrogen) atoms. The molecule has 0 heterocycles. The lowest BCUT2D eigenvalue weighted by Crippen LogP contribution is -2.43. The number of aliphatic carboxylic acids is 1. The number of carboxylic acid groups (broad SMARTS) is 1. The van der Waals surface area contributed by atoms with E-state index in [0.717, 1.165) is 0 Å². The highest BCUT2D eigenvalue weighted by Gasteiger charge is 2.21. The average molecular weight is 244 g/mol. The third-order valence-corrected chi connectivity index (χ3v) is 2.17. The van der Waals surface area contributed by atoms with Crippen LogP contribution in [0.5, 0.6) is 0 Å². The van der Waals surface area contributed by atoms with Crippen LogP contribution in [0.15, 0.2) is 0 Å². The highest BCUT2D eigenvalue weighted by Crippen LogP contribution is 2.01. The van der Waals surface area contributed by atoms with Crippen molar-refractivity contribution in [3.05, 3.63) is 0 Å².